The predicted octanol–water partition coefficient (Wildman–Crippen LogP) is -2.31. The van der Waals surface area contributed by atoms with Crippen molar-refractivity contribution >= 4 is 136 Å². The molecule has 15 amide bonds. The van der Waals surface area contributed by atoms with Crippen LogP contribution in [0.25, 0.3) is 0 Å². The van der Waals surface area contributed by atoms with Crippen LogP contribution < -0.4 is 119 Å². The number of aromatic amines is 2. The number of H-pyrrole nitrogens is 2. The summed E-state index contributed by atoms with van der Waals surface area (Å²) in [6.45, 7) is 9.73. The highest BCUT2D eigenvalue weighted by molar-refractivity contribution is 7.98. The Morgan fingerprint density at radius 3 is 1.35 bits per heavy atom. The van der Waals surface area contributed by atoms with Gasteiger partial charge in [0.15, 0.2) is 24.2 Å². The van der Waals surface area contributed by atoms with Gasteiger partial charge in [-0.25, -0.2) is 9.97 Å². The molecule has 51 heteroatoms. The second kappa shape index (κ2) is 71.9. The van der Waals surface area contributed by atoms with Gasteiger partial charge in [-0.15, -0.1) is 0 Å². The van der Waals surface area contributed by atoms with Crippen molar-refractivity contribution in [2.75, 3.05) is 57.9 Å². The molecule has 0 radical (unpaired) electrons. The van der Waals surface area contributed by atoms with E-state index in [-0.39, 0.29) is 158 Å². The lowest BCUT2D eigenvalue weighted by Gasteiger charge is -2.30. The molecule has 2 aromatic heterocycles. The molecule has 1 aromatic carbocycles. The summed E-state index contributed by atoms with van der Waals surface area (Å²) in [7, 11) is 0. The van der Waals surface area contributed by atoms with Gasteiger partial charge in [-0.05, 0) is 118 Å². The van der Waals surface area contributed by atoms with E-state index in [4.69, 9.17) is 61.0 Å². The first-order valence-electron chi connectivity index (χ1n) is 50.4. The van der Waals surface area contributed by atoms with Gasteiger partial charge in [0.25, 0.3) is 0 Å². The lowest BCUT2D eigenvalue weighted by Crippen LogP contribution is -2.62. The highest BCUT2D eigenvalue weighted by Crippen LogP contribution is 2.22. The van der Waals surface area contributed by atoms with Gasteiger partial charge in [-0.1, -0.05) is 144 Å². The number of benzene rings is 1. The van der Waals surface area contributed by atoms with Crippen molar-refractivity contribution in [3.05, 3.63) is 66.3 Å². The third kappa shape index (κ3) is 52.9. The first-order chi connectivity index (χ1) is 70.0. The highest BCUT2D eigenvalue weighted by Gasteiger charge is 2.40. The summed E-state index contributed by atoms with van der Waals surface area (Å²) in [5, 5.41) is 104. The van der Waals surface area contributed by atoms with Crippen molar-refractivity contribution in [1.82, 2.24) is 105 Å². The van der Waals surface area contributed by atoms with E-state index in [0.29, 0.717) is 35.4 Å². The lowest BCUT2D eigenvalue weighted by molar-refractivity contribution is -0.137. The second-order valence-corrected chi connectivity index (χ2v) is 38.4. The van der Waals surface area contributed by atoms with Crippen molar-refractivity contribution in [3.63, 3.8) is 0 Å². The Labute approximate surface area is 863 Å². The van der Waals surface area contributed by atoms with E-state index in [9.17, 15) is 87.2 Å². The van der Waals surface area contributed by atoms with E-state index in [2.05, 4.69) is 112 Å². The summed E-state index contributed by atoms with van der Waals surface area (Å²) < 4.78 is 0. The number of amides is 15. The minimum absolute atomic E-state index is 0.0153. The van der Waals surface area contributed by atoms with Gasteiger partial charge in [-0.2, -0.15) is 11.8 Å². The number of hydrogen-bond acceptors (Lipinski definition) is 28. The van der Waals surface area contributed by atoms with Crippen LogP contribution in [0.4, 0.5) is 0 Å². The molecule has 0 saturated heterocycles. The zero-order chi connectivity index (χ0) is 109. The number of imidazole rings is 2. The van der Waals surface area contributed by atoms with Crippen LogP contribution in [0.2, 0.25) is 0 Å². The van der Waals surface area contributed by atoms with Crippen LogP contribution in [0.3, 0.4) is 0 Å². The van der Waals surface area contributed by atoms with E-state index in [1.165, 1.54) is 112 Å². The van der Waals surface area contributed by atoms with Gasteiger partial charge in [0.1, 0.15) is 72.2 Å². The van der Waals surface area contributed by atoms with Crippen molar-refractivity contribution in [1.29, 1.82) is 21.6 Å². The molecule has 0 aliphatic heterocycles. The number of phenolic OH excluding ortho intramolecular Hbond substituents is 1. The molecule has 0 aliphatic carbocycles. The molecule has 15 atom stereocenters. The first kappa shape index (κ1) is 128. The summed E-state index contributed by atoms with van der Waals surface area (Å²) in [6.07, 6.45) is 20.1. The van der Waals surface area contributed by atoms with Crippen LogP contribution in [0.15, 0.2) is 54.3 Å². The maximum absolute atomic E-state index is 15.0. The molecule has 3 rings (SSSR count). The van der Waals surface area contributed by atoms with Crippen LogP contribution in [-0.2, 0) is 96.0 Å². The van der Waals surface area contributed by atoms with E-state index in [1.54, 1.807) is 47.8 Å². The number of nitrogens with two attached hydrogens (primary N) is 6. The molecule has 2 heterocycles. The summed E-state index contributed by atoms with van der Waals surface area (Å²) >= 11 is 1.33. The Kier molecular flexibility index (Phi) is 62.5. The Morgan fingerprint density at radius 2 is 0.884 bits per heavy atom. The number of unbranched alkanes of at least 4 members (excludes halogenated alkanes) is 12. The molecular weight excluding hydrogens is 1920 g/mol. The maximum Gasteiger partial charge on any atom is 0.245 e. The lowest BCUT2D eigenvalue weighted by atomic mass is 9.95. The minimum Gasteiger partial charge on any atom is -0.508 e. The monoisotopic (exact) mass is 2090 g/mol. The Hall–Kier alpha value is -13.5. The molecule has 147 heavy (non-hydrogen) atoms. The number of thioether (sulfide) groups is 1. The topological polar surface area (TPSA) is 848 Å². The van der Waals surface area contributed by atoms with Crippen molar-refractivity contribution in [2.24, 2.45) is 63.1 Å². The summed E-state index contributed by atoms with van der Waals surface area (Å²) in [5.41, 5.74) is 34.5. The standard InChI is InChI=1S/C96H163N31O19S/c1-9-11-12-13-14-15-16-17-18-19-20-21-22-29-78(133)117-76(53-130)84(137)112-50-79(134)116-66(26-23-37-109-94(101)102)85(138)118-67(27-24-38-110-95(103)104)86(139)121-70(41-56(3)4)75(52-129)115-62(44-63-48-107-54-113-63)33-32-60(51-128)83(136)126-80(57(5)6)92(145)120-68(28-25-39-111-96(105)106)87(140)124-74(46-77(99)132)90(143)123-72(42-59-30-34-65(131)35-31-59)91(144)127-81(58(7)10-2)93(146)125-73(45-64-49-108-55-114-64)89(142)119-69(36-40-147-8)88(141)122-71(82(100)135)43-61(98)47-97/h30-31,34-35,48-49,52,54-58,60,62,66-74,76,80-81,98,128,130-131H,9-29,32-33,36-47,50-51,53,97H2,1-8H3,(H2,99,132)(H2,100,135)(H,107,113)(H,108,114)(H,112,137)(H,116,134)(H,117,133)(H,118,138)(H,119,142)(H,120,145)(H,121,139)(H,122,141)(H,123,143)(H,124,140)(H,125,146)(H,126,136)(H,127,144)(H4,101,102,109)(H4,103,104,110)(H4,105,106,111). The number of aliphatic hydroxyl groups excluding tert-OH is 2. The molecule has 0 saturated carbocycles. The fourth-order valence-corrected chi connectivity index (χ4v) is 16.2. The Balaban J connectivity index is 1.98. The van der Waals surface area contributed by atoms with Gasteiger partial charge < -0.3 is 150 Å². The SMILES string of the molecule is CCCCCCCCCCCCCCCC(=O)NC(CO)C(=O)NCC(=O)NC(CCCNC(=N)N)C(=O)NC(CCCNC(=N)N)C(=O)NC(CC(C)C)C(C=O)=NC(CCC(CO)C(=O)NC(C(=O)NC(CCCNC(=N)N)C(=O)NC(CC(N)=O)C(=O)NC(Cc1ccc(O)cc1)C(=O)NC(C(=O)NC(Cc1cnc[nH]1)C(=O)NC(CCSC)C(=O)NC(CC(=N)CN)C(N)=O)C(C)CC)C(C)C)Cc1cnc[nH]1. The number of hydrogen-bond donors (Lipinski definition) is 31. The molecule has 50 nitrogen and oxygen atoms in total. The smallest absolute Gasteiger partial charge is 0.245 e. The van der Waals surface area contributed by atoms with Gasteiger partial charge in [0, 0.05) is 87.8 Å². The molecular formula is C96H163N31O19S. The Morgan fingerprint density at radius 1 is 0.449 bits per heavy atom. The molecule has 0 spiro atoms. The summed E-state index contributed by atoms with van der Waals surface area (Å²) in [6, 6.07) is -13.4. The average Bonchev–Trinajstić information content (AvgIpc) is 1.60. The number of aromatic nitrogens is 4. The highest BCUT2D eigenvalue weighted by atomic mass is 32.2. The zero-order valence-corrected chi connectivity index (χ0v) is 86.8. The average molecular weight is 2090 g/mol. The van der Waals surface area contributed by atoms with Gasteiger partial charge in [-0.3, -0.25) is 97.9 Å². The third-order valence-corrected chi connectivity index (χ3v) is 24.9. The molecule has 0 aliphatic rings. The number of aliphatic imine (C=N–C) groups is 1. The van der Waals surface area contributed by atoms with E-state index in [0.717, 1.165) is 25.7 Å². The number of rotatable bonds is 79. The second-order valence-electron chi connectivity index (χ2n) is 37.4. The van der Waals surface area contributed by atoms with Crippen molar-refractivity contribution in [3.8, 4) is 5.75 Å². The molecule has 37 N–H and O–H groups in total. The number of aliphatic hydroxyl groups is 2. The number of guanidine groups is 3. The Bertz CT molecular complexity index is 4670. The molecule has 0 bridgehead atoms. The number of aldehydes is 1. The van der Waals surface area contributed by atoms with Crippen molar-refractivity contribution in [2.45, 2.75) is 320 Å². The van der Waals surface area contributed by atoms with Crippen LogP contribution in [0.5, 0.6) is 5.75 Å². The first-order valence-corrected chi connectivity index (χ1v) is 51.8. The normalized spacial score (nSPS) is 14.4. The van der Waals surface area contributed by atoms with E-state index >= 15 is 4.79 Å². The molecule has 15 unspecified atom stereocenters. The van der Waals surface area contributed by atoms with Crippen LogP contribution in [0, 0.1) is 45.3 Å². The number of phenols is 1. The fraction of sp³-hybridized carbons (Fsp3) is 0.656. The zero-order valence-electron chi connectivity index (χ0n) is 86.0. The number of aromatic hydroxyl groups is 1. The predicted molar refractivity (Wildman–Crippen MR) is 556 cm³/mol. The van der Waals surface area contributed by atoms with Crippen LogP contribution in [-0.4, -0.2) is 296 Å². The van der Waals surface area contributed by atoms with Crippen molar-refractivity contribution < 1.29 is 92.0 Å². The minimum atomic E-state index is -1.93. The largest absolute Gasteiger partial charge is 0.508 e. The fourth-order valence-electron chi connectivity index (χ4n) is 15.7. The van der Waals surface area contributed by atoms with Gasteiger partial charge >= 0.3 is 0 Å². The quantitative estimate of drug-likeness (QED) is 0.0122. The van der Waals surface area contributed by atoms with Gasteiger partial charge in [0.05, 0.1) is 62.5 Å². The summed E-state index contributed by atoms with van der Waals surface area (Å²) in [4.78, 5) is 245. The number of nitrogens with one attached hydrogen (secondary N) is 22. The van der Waals surface area contributed by atoms with Crippen LogP contribution >= 0.6 is 11.8 Å². The number of carbonyl (C=O) groups excluding carboxylic acids is 16. The summed E-state index contributed by atoms with van der Waals surface area (Å²) in [5.74, 6) is -18.1. The number of carbonyl (C=O) groups is 16. The molecule has 822 valence electrons. The molecule has 0 fully saturated rings. The number of nitrogens with zero attached hydrogens (tertiary/aromatic N) is 3. The third-order valence-electron chi connectivity index (χ3n) is 24.2. The van der Waals surface area contributed by atoms with E-state index < -0.39 is 223 Å². The molecule has 3 aromatic rings. The number of primary amides is 2. The maximum atomic E-state index is 15.0. The van der Waals surface area contributed by atoms with Gasteiger partial charge in [0.2, 0.25) is 88.6 Å². The van der Waals surface area contributed by atoms with E-state index in [1.807, 2.05) is 0 Å². The van der Waals surface area contributed by atoms with Crippen LogP contribution in [0.1, 0.15) is 239 Å².